The first-order valence-electron chi connectivity index (χ1n) is 15.3. The van der Waals surface area contributed by atoms with Gasteiger partial charge in [0.05, 0.1) is 12.8 Å². The van der Waals surface area contributed by atoms with Crippen LogP contribution in [0.5, 0.6) is 5.75 Å². The molecule has 0 amide bonds. The zero-order valence-electron chi connectivity index (χ0n) is 24.0. The van der Waals surface area contributed by atoms with Crippen molar-refractivity contribution in [3.05, 3.63) is 29.3 Å². The molecule has 3 fully saturated rings. The Morgan fingerprint density at radius 3 is 2.73 bits per heavy atom. The van der Waals surface area contributed by atoms with Crippen LogP contribution in [-0.2, 0) is 26.6 Å². The van der Waals surface area contributed by atoms with E-state index in [2.05, 4.69) is 6.92 Å². The SMILES string of the molecule is C[C@]12CC[C@@H]3c4ccc(OP(=O)(O)N5CCC[C@H]5C(=O)O)cc4C[C@@H](CCCS(=O)CCCCF)[C@H]3[C@@H]1CC[C@@H]2O. The third-order valence-corrected chi connectivity index (χ3v) is 13.6. The number of carboxylic acid groups (broad SMARTS) is 1. The van der Waals surface area contributed by atoms with E-state index in [4.69, 9.17) is 4.52 Å². The Morgan fingerprint density at radius 2 is 1.98 bits per heavy atom. The lowest BCUT2D eigenvalue weighted by Gasteiger charge is -2.53. The molecule has 0 aromatic heterocycles. The summed E-state index contributed by atoms with van der Waals surface area (Å²) in [4.78, 5) is 22.4. The molecule has 9 atom stereocenters. The van der Waals surface area contributed by atoms with Crippen molar-refractivity contribution in [1.29, 1.82) is 0 Å². The van der Waals surface area contributed by atoms with Gasteiger partial charge in [0.25, 0.3) is 0 Å². The molecule has 2 unspecified atom stereocenters. The molecule has 41 heavy (non-hydrogen) atoms. The fourth-order valence-corrected chi connectivity index (χ4v) is 11.2. The Morgan fingerprint density at radius 1 is 1.20 bits per heavy atom. The highest BCUT2D eigenvalue weighted by Crippen LogP contribution is 2.63. The van der Waals surface area contributed by atoms with Gasteiger partial charge in [0.2, 0.25) is 0 Å². The number of carboxylic acids is 1. The lowest BCUT2D eigenvalue weighted by atomic mass is 9.52. The Kier molecular flexibility index (Phi) is 9.66. The van der Waals surface area contributed by atoms with Gasteiger partial charge in [0.1, 0.15) is 11.8 Å². The molecule has 0 radical (unpaired) electrons. The van der Waals surface area contributed by atoms with Crippen LogP contribution >= 0.6 is 7.75 Å². The summed E-state index contributed by atoms with van der Waals surface area (Å²) in [7, 11) is -5.31. The highest BCUT2D eigenvalue weighted by molar-refractivity contribution is 7.84. The Labute approximate surface area is 245 Å². The van der Waals surface area contributed by atoms with Gasteiger partial charge in [-0.3, -0.25) is 13.4 Å². The van der Waals surface area contributed by atoms with E-state index in [1.54, 1.807) is 6.07 Å². The molecule has 11 heteroatoms. The minimum absolute atomic E-state index is 0.0882. The van der Waals surface area contributed by atoms with Gasteiger partial charge in [-0.05, 0) is 123 Å². The fourth-order valence-electron chi connectivity index (χ4n) is 8.54. The van der Waals surface area contributed by atoms with Crippen LogP contribution in [-0.4, -0.2) is 66.8 Å². The first-order valence-corrected chi connectivity index (χ1v) is 18.3. The highest BCUT2D eigenvalue weighted by atomic mass is 32.2. The van der Waals surface area contributed by atoms with Gasteiger partial charge in [0, 0.05) is 28.9 Å². The lowest BCUT2D eigenvalue weighted by Crippen LogP contribution is -2.47. The minimum Gasteiger partial charge on any atom is -0.480 e. The number of alkyl halides is 1. The second kappa shape index (κ2) is 12.7. The predicted molar refractivity (Wildman–Crippen MR) is 156 cm³/mol. The summed E-state index contributed by atoms with van der Waals surface area (Å²) >= 11 is 0. The number of fused-ring (bicyclic) bond motifs is 5. The Hall–Kier alpha value is -1.32. The number of benzene rings is 1. The smallest absolute Gasteiger partial charge is 0.459 e. The standard InChI is InChI=1S/C30H45FNO7PS/c1-30-13-12-24-23-9-8-22(39-40(36,37)32-15-4-7-26(32)29(34)35)19-21(23)18-20(28(24)25(30)10-11-27(30)33)6-5-17-41(38)16-3-2-14-31/h8-9,19-20,24-28,33H,2-7,10-18H2,1H3,(H,34,35)(H,36,37)/t20-,24-,25+,26+,27+,28-,30+,41?/m1/s1. The highest BCUT2D eigenvalue weighted by Gasteiger charge is 2.56. The van der Waals surface area contributed by atoms with Gasteiger partial charge >= 0.3 is 13.7 Å². The van der Waals surface area contributed by atoms with Crippen molar-refractivity contribution in [2.24, 2.45) is 23.2 Å². The van der Waals surface area contributed by atoms with Gasteiger partial charge in [-0.15, -0.1) is 0 Å². The molecular formula is C30H45FNO7PS. The summed E-state index contributed by atoms with van der Waals surface area (Å²) in [6.45, 7) is 2.07. The minimum atomic E-state index is -4.36. The Bertz CT molecular complexity index is 1190. The topological polar surface area (TPSA) is 124 Å². The van der Waals surface area contributed by atoms with Crippen molar-refractivity contribution in [1.82, 2.24) is 4.67 Å². The van der Waals surface area contributed by atoms with Gasteiger partial charge in [-0.2, -0.15) is 4.67 Å². The quantitative estimate of drug-likeness (QED) is 0.210. The van der Waals surface area contributed by atoms with Crippen LogP contribution in [0.15, 0.2) is 18.2 Å². The lowest BCUT2D eigenvalue weighted by molar-refractivity contribution is -0.141. The second-order valence-corrected chi connectivity index (χ2v) is 16.3. The van der Waals surface area contributed by atoms with E-state index in [0.717, 1.165) is 55.2 Å². The molecule has 3 aliphatic carbocycles. The number of hydrogen-bond donors (Lipinski definition) is 3. The molecule has 1 aromatic rings. The number of halogens is 1. The summed E-state index contributed by atoms with van der Waals surface area (Å²) in [6, 6.07) is 4.59. The van der Waals surface area contributed by atoms with Crippen molar-refractivity contribution in [2.45, 2.75) is 95.6 Å². The van der Waals surface area contributed by atoms with Crippen LogP contribution in [0.25, 0.3) is 0 Å². The molecule has 8 nitrogen and oxygen atoms in total. The number of aliphatic hydroxyl groups excluding tert-OH is 1. The molecule has 4 aliphatic rings. The van der Waals surface area contributed by atoms with Crippen LogP contribution < -0.4 is 4.52 Å². The molecule has 0 spiro atoms. The molecule has 1 aromatic carbocycles. The fraction of sp³-hybridized carbons (Fsp3) is 0.767. The third kappa shape index (κ3) is 6.33. The van der Waals surface area contributed by atoms with Gasteiger partial charge in [-0.1, -0.05) is 13.0 Å². The van der Waals surface area contributed by atoms with Crippen LogP contribution in [0.1, 0.15) is 88.2 Å². The zero-order chi connectivity index (χ0) is 29.4. The van der Waals surface area contributed by atoms with Crippen LogP contribution in [0.3, 0.4) is 0 Å². The zero-order valence-corrected chi connectivity index (χ0v) is 25.7. The summed E-state index contributed by atoms with van der Waals surface area (Å²) in [5.74, 6) is 1.78. The maximum atomic E-state index is 13.2. The largest absolute Gasteiger partial charge is 0.480 e. The van der Waals surface area contributed by atoms with Gasteiger partial charge in [0.15, 0.2) is 0 Å². The first-order chi connectivity index (χ1) is 19.5. The molecule has 1 heterocycles. The molecule has 5 rings (SSSR count). The van der Waals surface area contributed by atoms with E-state index < -0.39 is 30.6 Å². The van der Waals surface area contributed by atoms with E-state index >= 15 is 0 Å². The van der Waals surface area contributed by atoms with Crippen molar-refractivity contribution >= 4 is 24.5 Å². The first kappa shape index (κ1) is 31.1. The number of nitrogens with zero attached hydrogens (tertiary/aromatic N) is 1. The summed E-state index contributed by atoms with van der Waals surface area (Å²) in [5, 5.41) is 20.4. The van der Waals surface area contributed by atoms with Crippen molar-refractivity contribution in [3.63, 3.8) is 0 Å². The van der Waals surface area contributed by atoms with E-state index in [1.807, 2.05) is 12.1 Å². The monoisotopic (exact) mass is 613 g/mol. The summed E-state index contributed by atoms with van der Waals surface area (Å²) < 4.78 is 44.9. The molecule has 3 N–H and O–H groups in total. The van der Waals surface area contributed by atoms with Crippen molar-refractivity contribution < 1.29 is 37.6 Å². The van der Waals surface area contributed by atoms with E-state index in [0.29, 0.717) is 60.9 Å². The van der Waals surface area contributed by atoms with Crippen LogP contribution in [0.2, 0.25) is 0 Å². The predicted octanol–water partition coefficient (Wildman–Crippen LogP) is 5.44. The average Bonchev–Trinajstić information content (AvgIpc) is 3.54. The third-order valence-electron chi connectivity index (χ3n) is 10.6. The van der Waals surface area contributed by atoms with E-state index in [1.165, 1.54) is 5.56 Å². The number of aliphatic carboxylic acids is 1. The Balaban J connectivity index is 1.36. The van der Waals surface area contributed by atoms with Gasteiger partial charge in [-0.25, -0.2) is 4.57 Å². The molecule has 1 saturated heterocycles. The average molecular weight is 614 g/mol. The van der Waals surface area contributed by atoms with Crippen LogP contribution in [0, 0.1) is 23.2 Å². The molecule has 230 valence electrons. The number of hydrogen-bond acceptors (Lipinski definition) is 5. The molecular weight excluding hydrogens is 568 g/mol. The molecule has 1 aliphatic heterocycles. The molecule has 2 saturated carbocycles. The van der Waals surface area contributed by atoms with E-state index in [-0.39, 0.29) is 30.5 Å². The summed E-state index contributed by atoms with van der Waals surface area (Å²) in [5.41, 5.74) is 2.25. The maximum absolute atomic E-state index is 13.2. The number of carbonyl (C=O) groups is 1. The number of rotatable bonds is 12. The summed E-state index contributed by atoms with van der Waals surface area (Å²) in [6.07, 6.45) is 7.94. The second-order valence-electron chi connectivity index (χ2n) is 12.9. The van der Waals surface area contributed by atoms with Crippen molar-refractivity contribution in [3.8, 4) is 5.75 Å². The number of unbranched alkanes of at least 4 members (excludes halogenated alkanes) is 1. The van der Waals surface area contributed by atoms with E-state index in [9.17, 15) is 33.1 Å². The number of aliphatic hydroxyl groups is 1. The van der Waals surface area contributed by atoms with Crippen molar-refractivity contribution in [2.75, 3.05) is 24.7 Å². The van der Waals surface area contributed by atoms with Gasteiger partial charge < -0.3 is 19.6 Å². The normalized spacial score (nSPS) is 35.2. The van der Waals surface area contributed by atoms with Crippen LogP contribution in [0.4, 0.5) is 4.39 Å². The molecule has 0 bridgehead atoms. The maximum Gasteiger partial charge on any atom is 0.459 e.